The predicted molar refractivity (Wildman–Crippen MR) is 103 cm³/mol. The van der Waals surface area contributed by atoms with E-state index >= 15 is 0 Å². The molecule has 142 valence electrons. The van der Waals surface area contributed by atoms with Crippen molar-refractivity contribution in [3.63, 3.8) is 0 Å². The lowest BCUT2D eigenvalue weighted by Crippen LogP contribution is -3.08. The molecular formula is C21H25FN3O2+. The summed E-state index contributed by atoms with van der Waals surface area (Å²) in [6.07, 6.45) is 2.53. The molecule has 1 heterocycles. The summed E-state index contributed by atoms with van der Waals surface area (Å²) in [7, 11) is 1.67. The number of methoxy groups -OCH3 is 1. The van der Waals surface area contributed by atoms with E-state index in [4.69, 9.17) is 4.74 Å². The van der Waals surface area contributed by atoms with Gasteiger partial charge in [0.25, 0.3) is 5.91 Å². The van der Waals surface area contributed by atoms with E-state index in [1.807, 2.05) is 19.1 Å². The van der Waals surface area contributed by atoms with E-state index in [-0.39, 0.29) is 5.56 Å². The molecule has 0 spiro atoms. The molecule has 1 aliphatic rings. The molecule has 6 heteroatoms. The highest BCUT2D eigenvalue weighted by Crippen LogP contribution is 2.20. The van der Waals surface area contributed by atoms with Crippen LogP contribution in [0.1, 0.15) is 41.3 Å². The number of hydrogen-bond acceptors (Lipinski definition) is 3. The molecular weight excluding hydrogens is 345 g/mol. The minimum atomic E-state index is -0.567. The third-order valence-corrected chi connectivity index (χ3v) is 4.89. The predicted octanol–water partition coefficient (Wildman–Crippen LogP) is 2.17. The van der Waals surface area contributed by atoms with Gasteiger partial charge in [0, 0.05) is 18.4 Å². The van der Waals surface area contributed by atoms with Crippen LogP contribution in [0.25, 0.3) is 0 Å². The molecule has 1 fully saturated rings. The van der Waals surface area contributed by atoms with Crippen LogP contribution >= 0.6 is 0 Å². The van der Waals surface area contributed by atoms with Gasteiger partial charge in [-0.2, -0.15) is 5.10 Å². The lowest BCUT2D eigenvalue weighted by atomic mass is 10.1. The number of amides is 1. The van der Waals surface area contributed by atoms with Crippen LogP contribution in [-0.4, -0.2) is 31.8 Å². The molecule has 5 nitrogen and oxygen atoms in total. The first-order valence-corrected chi connectivity index (χ1v) is 9.18. The molecule has 27 heavy (non-hydrogen) atoms. The van der Waals surface area contributed by atoms with E-state index < -0.39 is 11.7 Å². The number of nitrogens with zero attached hydrogens (tertiary/aromatic N) is 1. The number of rotatable bonds is 6. The van der Waals surface area contributed by atoms with Crippen molar-refractivity contribution in [1.29, 1.82) is 0 Å². The fourth-order valence-corrected chi connectivity index (χ4v) is 3.37. The van der Waals surface area contributed by atoms with Gasteiger partial charge >= 0.3 is 0 Å². The minimum Gasteiger partial charge on any atom is -0.496 e. The molecule has 0 radical (unpaired) electrons. The van der Waals surface area contributed by atoms with Crippen molar-refractivity contribution >= 4 is 11.6 Å². The molecule has 2 aromatic rings. The second kappa shape index (κ2) is 8.77. The second-order valence-corrected chi connectivity index (χ2v) is 6.78. The molecule has 2 N–H and O–H groups in total. The lowest BCUT2D eigenvalue weighted by Gasteiger charge is -2.15. The summed E-state index contributed by atoms with van der Waals surface area (Å²) in [5.41, 5.74) is 5.09. The number of benzene rings is 2. The zero-order chi connectivity index (χ0) is 19.2. The van der Waals surface area contributed by atoms with Gasteiger partial charge in [0.1, 0.15) is 18.1 Å². The van der Waals surface area contributed by atoms with Crippen LogP contribution in [0, 0.1) is 5.82 Å². The lowest BCUT2D eigenvalue weighted by molar-refractivity contribution is -0.901. The quantitative estimate of drug-likeness (QED) is 0.605. The zero-order valence-corrected chi connectivity index (χ0v) is 15.7. The Bertz CT molecular complexity index is 845. The number of hydrogen-bond donors (Lipinski definition) is 2. The molecule has 1 amide bonds. The fourth-order valence-electron chi connectivity index (χ4n) is 3.37. The standard InChI is InChI=1S/C21H24FN3O2/c1-15(23-24-21(26)18-7-3-4-8-19(18)22)16-9-10-20(27-2)17(13-16)14-25-11-5-6-12-25/h3-4,7-10,13H,5-6,11-12,14H2,1-2H3,(H,24,26)/p+1/b23-15-. The van der Waals surface area contributed by atoms with Gasteiger partial charge in [0.15, 0.2) is 0 Å². The van der Waals surface area contributed by atoms with Gasteiger partial charge in [-0.1, -0.05) is 12.1 Å². The summed E-state index contributed by atoms with van der Waals surface area (Å²) in [5, 5.41) is 4.14. The Balaban J connectivity index is 1.75. The number of ether oxygens (including phenoxy) is 1. The van der Waals surface area contributed by atoms with Crippen LogP contribution in [0.2, 0.25) is 0 Å². The molecule has 0 unspecified atom stereocenters. The summed E-state index contributed by atoms with van der Waals surface area (Å²) < 4.78 is 19.2. The number of carbonyl (C=O) groups excluding carboxylic acids is 1. The third kappa shape index (κ3) is 4.71. The Morgan fingerprint density at radius 2 is 1.96 bits per heavy atom. The second-order valence-electron chi connectivity index (χ2n) is 6.78. The Labute approximate surface area is 158 Å². The molecule has 0 bridgehead atoms. The van der Waals surface area contributed by atoms with Gasteiger partial charge in [0.05, 0.1) is 31.5 Å². The maximum Gasteiger partial charge on any atom is 0.274 e. The average Bonchev–Trinajstić information content (AvgIpc) is 3.19. The fraction of sp³-hybridized carbons (Fsp3) is 0.333. The highest BCUT2D eigenvalue weighted by Gasteiger charge is 2.18. The minimum absolute atomic E-state index is 0.0258. The van der Waals surface area contributed by atoms with Crippen LogP contribution in [0.4, 0.5) is 4.39 Å². The normalized spacial score (nSPS) is 15.0. The third-order valence-electron chi connectivity index (χ3n) is 4.89. The largest absolute Gasteiger partial charge is 0.496 e. The van der Waals surface area contributed by atoms with Crippen molar-refractivity contribution in [2.45, 2.75) is 26.3 Å². The maximum absolute atomic E-state index is 13.7. The SMILES string of the molecule is COc1ccc(/C(C)=N\NC(=O)c2ccccc2F)cc1C[NH+]1CCCC1. The van der Waals surface area contributed by atoms with Gasteiger partial charge in [-0.15, -0.1) is 0 Å². The van der Waals surface area contributed by atoms with E-state index in [2.05, 4.69) is 16.6 Å². The van der Waals surface area contributed by atoms with Crippen molar-refractivity contribution in [2.75, 3.05) is 20.2 Å². The molecule has 0 atom stereocenters. The zero-order valence-electron chi connectivity index (χ0n) is 15.7. The maximum atomic E-state index is 13.7. The smallest absolute Gasteiger partial charge is 0.274 e. The molecule has 0 aliphatic carbocycles. The van der Waals surface area contributed by atoms with Crippen molar-refractivity contribution < 1.29 is 18.8 Å². The van der Waals surface area contributed by atoms with Crippen LogP contribution < -0.4 is 15.1 Å². The van der Waals surface area contributed by atoms with Crippen LogP contribution in [-0.2, 0) is 6.54 Å². The summed E-state index contributed by atoms with van der Waals surface area (Å²) in [5.74, 6) is -0.271. The molecule has 0 aromatic heterocycles. The Morgan fingerprint density at radius 3 is 2.67 bits per heavy atom. The first-order chi connectivity index (χ1) is 13.1. The van der Waals surface area contributed by atoms with Gasteiger partial charge < -0.3 is 9.64 Å². The van der Waals surface area contributed by atoms with E-state index in [1.54, 1.807) is 24.1 Å². The number of carbonyl (C=O) groups is 1. The molecule has 0 saturated carbocycles. The molecule has 2 aromatic carbocycles. The van der Waals surface area contributed by atoms with E-state index in [9.17, 15) is 9.18 Å². The first kappa shape index (κ1) is 19.0. The van der Waals surface area contributed by atoms with Crippen molar-refractivity contribution in [3.8, 4) is 5.75 Å². The van der Waals surface area contributed by atoms with Gasteiger partial charge in [-0.05, 0) is 42.8 Å². The summed E-state index contributed by atoms with van der Waals surface area (Å²) >= 11 is 0. The summed E-state index contributed by atoms with van der Waals surface area (Å²) in [6.45, 7) is 5.08. The number of quaternary nitrogens is 1. The van der Waals surface area contributed by atoms with Crippen LogP contribution in [0.3, 0.4) is 0 Å². The number of halogens is 1. The van der Waals surface area contributed by atoms with Crippen LogP contribution in [0.5, 0.6) is 5.75 Å². The van der Waals surface area contributed by atoms with Gasteiger partial charge in [-0.25, -0.2) is 9.82 Å². The van der Waals surface area contributed by atoms with Crippen molar-refractivity contribution in [1.82, 2.24) is 5.43 Å². The monoisotopic (exact) mass is 370 g/mol. The van der Waals surface area contributed by atoms with Gasteiger partial charge in [0.2, 0.25) is 0 Å². The van der Waals surface area contributed by atoms with Gasteiger partial charge in [-0.3, -0.25) is 4.79 Å². The highest BCUT2D eigenvalue weighted by atomic mass is 19.1. The molecule has 3 rings (SSSR count). The van der Waals surface area contributed by atoms with E-state index in [1.165, 1.54) is 38.1 Å². The Kier molecular flexibility index (Phi) is 6.19. The summed E-state index contributed by atoms with van der Waals surface area (Å²) in [6, 6.07) is 11.7. The number of hydrazone groups is 1. The average molecular weight is 370 g/mol. The molecule has 1 saturated heterocycles. The van der Waals surface area contributed by atoms with Crippen molar-refractivity contribution in [2.24, 2.45) is 5.10 Å². The number of nitrogens with one attached hydrogen (secondary N) is 2. The first-order valence-electron chi connectivity index (χ1n) is 9.18. The highest BCUT2D eigenvalue weighted by molar-refractivity contribution is 6.01. The van der Waals surface area contributed by atoms with Crippen molar-refractivity contribution in [3.05, 3.63) is 65.0 Å². The van der Waals surface area contributed by atoms with E-state index in [0.717, 1.165) is 23.4 Å². The van der Waals surface area contributed by atoms with Crippen LogP contribution in [0.15, 0.2) is 47.6 Å². The Morgan fingerprint density at radius 1 is 1.22 bits per heavy atom. The molecule has 1 aliphatic heterocycles. The number of likely N-dealkylation sites (tertiary alicyclic amines) is 1. The summed E-state index contributed by atoms with van der Waals surface area (Å²) in [4.78, 5) is 13.7. The van der Waals surface area contributed by atoms with E-state index in [0.29, 0.717) is 5.71 Å². The Hall–Kier alpha value is -2.73. The topological polar surface area (TPSA) is 55.1 Å².